The van der Waals surface area contributed by atoms with Gasteiger partial charge in [0, 0.05) is 17.6 Å². The molecule has 8 nitrogen and oxygen atoms in total. The molecule has 2 unspecified atom stereocenters. The van der Waals surface area contributed by atoms with Crippen molar-refractivity contribution in [2.24, 2.45) is 5.73 Å². The summed E-state index contributed by atoms with van der Waals surface area (Å²) in [5.41, 5.74) is 4.50. The third-order valence-electron chi connectivity index (χ3n) is 5.53. The maximum Gasteiger partial charge on any atom is 0.316 e. The summed E-state index contributed by atoms with van der Waals surface area (Å²) in [7, 11) is 0. The number of Topliss-reactive ketones (excluding diaryl/α,β-unsaturated/α-hetero) is 1. The number of anilines is 1. The van der Waals surface area contributed by atoms with Crippen molar-refractivity contribution >= 4 is 29.1 Å². The maximum atomic E-state index is 13.1. The molecular formula is C22H25ClFN3O5. The zero-order chi connectivity index (χ0) is 23.3. The molecule has 0 bridgehead atoms. The van der Waals surface area contributed by atoms with Gasteiger partial charge < -0.3 is 26.1 Å². The molecule has 1 saturated heterocycles. The van der Waals surface area contributed by atoms with E-state index in [0.717, 1.165) is 10.6 Å². The number of urea groups is 1. The molecule has 172 valence electrons. The summed E-state index contributed by atoms with van der Waals surface area (Å²) in [6.45, 7) is -0.358. The lowest BCUT2D eigenvalue weighted by Gasteiger charge is -2.25. The van der Waals surface area contributed by atoms with Gasteiger partial charge >= 0.3 is 6.03 Å². The number of aliphatic hydroxyl groups is 1. The number of hydroxylamine groups is 2. The van der Waals surface area contributed by atoms with Crippen LogP contribution in [0.2, 0.25) is 5.02 Å². The first-order valence-electron chi connectivity index (χ1n) is 10.1. The fraction of sp³-hybridized carbons (Fsp3) is 0.364. The molecule has 1 aliphatic rings. The molecule has 2 aromatic rings. The molecule has 2 aromatic carbocycles. The zero-order valence-electron chi connectivity index (χ0n) is 17.3. The highest BCUT2D eigenvalue weighted by atomic mass is 35.5. The van der Waals surface area contributed by atoms with Crippen molar-refractivity contribution in [2.45, 2.75) is 37.3 Å². The first-order valence-corrected chi connectivity index (χ1v) is 10.5. The maximum absolute atomic E-state index is 13.1. The summed E-state index contributed by atoms with van der Waals surface area (Å²) in [5, 5.41) is 25.2. The largest absolute Gasteiger partial charge is 0.484 e. The van der Waals surface area contributed by atoms with Crippen LogP contribution in [0.1, 0.15) is 24.8 Å². The summed E-state index contributed by atoms with van der Waals surface area (Å²) in [5.74, 6) is -0.713. The number of carbonyl (C=O) groups excluding carboxylic acids is 2. The Morgan fingerprint density at radius 2 is 1.97 bits per heavy atom. The second-order valence-corrected chi connectivity index (χ2v) is 8.25. The Morgan fingerprint density at radius 3 is 2.66 bits per heavy atom. The van der Waals surface area contributed by atoms with E-state index in [0.29, 0.717) is 17.9 Å². The number of halogens is 2. The van der Waals surface area contributed by atoms with Crippen LogP contribution in [-0.4, -0.2) is 52.0 Å². The minimum atomic E-state index is -1.68. The van der Waals surface area contributed by atoms with E-state index >= 15 is 0 Å². The Morgan fingerprint density at radius 1 is 1.25 bits per heavy atom. The van der Waals surface area contributed by atoms with Crippen molar-refractivity contribution in [2.75, 3.05) is 18.5 Å². The molecule has 2 amide bonds. The first-order chi connectivity index (χ1) is 15.2. The van der Waals surface area contributed by atoms with Crippen LogP contribution >= 0.6 is 11.6 Å². The number of primary amides is 1. The highest BCUT2D eigenvalue weighted by Gasteiger charge is 2.40. The molecule has 1 aliphatic heterocycles. The molecule has 0 saturated carbocycles. The lowest BCUT2D eigenvalue weighted by molar-refractivity contribution is -0.143. The quantitative estimate of drug-likeness (QED) is 0.498. The molecule has 3 rings (SSSR count). The summed E-state index contributed by atoms with van der Waals surface area (Å²) < 4.78 is 18.6. The van der Waals surface area contributed by atoms with Gasteiger partial charge in [0.1, 0.15) is 23.8 Å². The smallest absolute Gasteiger partial charge is 0.316 e. The van der Waals surface area contributed by atoms with Gasteiger partial charge in [0.05, 0.1) is 5.69 Å². The van der Waals surface area contributed by atoms with Crippen molar-refractivity contribution in [3.05, 3.63) is 58.9 Å². The van der Waals surface area contributed by atoms with Gasteiger partial charge in [-0.15, -0.1) is 0 Å². The average molecular weight is 466 g/mol. The van der Waals surface area contributed by atoms with Gasteiger partial charge in [0.15, 0.2) is 0 Å². The Balaban J connectivity index is 1.63. The highest BCUT2D eigenvalue weighted by molar-refractivity contribution is 6.31. The predicted octanol–water partition coefficient (Wildman–Crippen LogP) is 3.14. The predicted molar refractivity (Wildman–Crippen MR) is 116 cm³/mol. The lowest BCUT2D eigenvalue weighted by atomic mass is 9.88. The van der Waals surface area contributed by atoms with Crippen LogP contribution in [-0.2, 0) is 11.2 Å². The van der Waals surface area contributed by atoms with Crippen LogP contribution in [0.4, 0.5) is 14.9 Å². The summed E-state index contributed by atoms with van der Waals surface area (Å²) >= 11 is 5.92. The Bertz CT molecular complexity index is 975. The van der Waals surface area contributed by atoms with Gasteiger partial charge in [0.25, 0.3) is 0 Å². The molecule has 0 aromatic heterocycles. The molecule has 2 atom stereocenters. The number of hydrogen-bond donors (Lipinski definition) is 4. The normalized spacial score (nSPS) is 21.6. The number of benzene rings is 2. The second kappa shape index (κ2) is 10.3. The molecule has 0 radical (unpaired) electrons. The molecule has 0 spiro atoms. The molecule has 5 N–H and O–H groups in total. The fourth-order valence-electron chi connectivity index (χ4n) is 3.68. The third kappa shape index (κ3) is 6.17. The van der Waals surface area contributed by atoms with Gasteiger partial charge in [-0.2, -0.15) is 5.06 Å². The van der Waals surface area contributed by atoms with E-state index in [9.17, 15) is 24.3 Å². The Kier molecular flexibility index (Phi) is 7.68. The number of ether oxygens (including phenoxy) is 1. The molecule has 0 aliphatic carbocycles. The van der Waals surface area contributed by atoms with Crippen molar-refractivity contribution in [3.8, 4) is 5.75 Å². The monoisotopic (exact) mass is 465 g/mol. The van der Waals surface area contributed by atoms with Crippen molar-refractivity contribution in [1.82, 2.24) is 5.06 Å². The van der Waals surface area contributed by atoms with Crippen molar-refractivity contribution < 1.29 is 29.0 Å². The topological polar surface area (TPSA) is 125 Å². The molecule has 1 fully saturated rings. The SMILES string of the molecule is NC(=O)Nc1cc(Cl)ccc1OCC(=O)C1(O)CCC(Cc2ccc(F)cc2)N(O)CC1. The first kappa shape index (κ1) is 23.9. The number of nitrogens with one attached hydrogen (secondary N) is 1. The molecule has 1 heterocycles. The van der Waals surface area contributed by atoms with Crippen LogP contribution in [0.25, 0.3) is 0 Å². The molecule has 10 heteroatoms. The van der Waals surface area contributed by atoms with E-state index in [2.05, 4.69) is 5.32 Å². The fourth-order valence-corrected chi connectivity index (χ4v) is 3.85. The van der Waals surface area contributed by atoms with Crippen LogP contribution in [0.5, 0.6) is 5.75 Å². The average Bonchev–Trinajstić information content (AvgIpc) is 2.88. The van der Waals surface area contributed by atoms with E-state index in [1.165, 1.54) is 30.3 Å². The van der Waals surface area contributed by atoms with E-state index in [1.54, 1.807) is 12.1 Å². The van der Waals surface area contributed by atoms with Crippen LogP contribution in [0.3, 0.4) is 0 Å². The van der Waals surface area contributed by atoms with Gasteiger partial charge in [-0.05, 0) is 61.6 Å². The number of ketones is 1. The van der Waals surface area contributed by atoms with E-state index in [-0.39, 0.29) is 42.7 Å². The standard InChI is InChI=1S/C22H25ClFN3O5/c23-15-3-6-19(18(12-15)26-21(25)29)32-13-20(28)22(30)8-7-17(27(31)10-9-22)11-14-1-4-16(24)5-2-14/h1-6,12,17,30-31H,7-11,13H2,(H3,25,26,29). The Hall–Kier alpha value is -2.72. The van der Waals surface area contributed by atoms with Crippen LogP contribution in [0.15, 0.2) is 42.5 Å². The minimum absolute atomic E-state index is 0.0264. The number of hydrogen-bond acceptors (Lipinski definition) is 6. The number of nitrogens with two attached hydrogens (primary N) is 1. The number of rotatable bonds is 7. The zero-order valence-corrected chi connectivity index (χ0v) is 18.0. The van der Waals surface area contributed by atoms with Gasteiger partial charge in [-0.3, -0.25) is 4.79 Å². The Labute approximate surface area is 189 Å². The second-order valence-electron chi connectivity index (χ2n) is 7.81. The lowest BCUT2D eigenvalue weighted by Crippen LogP contribution is -2.42. The highest BCUT2D eigenvalue weighted by Crippen LogP contribution is 2.30. The van der Waals surface area contributed by atoms with Gasteiger partial charge in [-0.25, -0.2) is 9.18 Å². The number of carbonyl (C=O) groups is 2. The number of amides is 2. The van der Waals surface area contributed by atoms with E-state index < -0.39 is 24.0 Å². The summed E-state index contributed by atoms with van der Waals surface area (Å²) in [6, 6.07) is 9.27. The van der Waals surface area contributed by atoms with Gasteiger partial charge in [-0.1, -0.05) is 23.7 Å². The van der Waals surface area contributed by atoms with Crippen molar-refractivity contribution in [1.29, 1.82) is 0 Å². The summed E-state index contributed by atoms with van der Waals surface area (Å²) in [4.78, 5) is 24.0. The third-order valence-corrected chi connectivity index (χ3v) is 5.76. The summed E-state index contributed by atoms with van der Waals surface area (Å²) in [6.07, 6.45) is 0.958. The minimum Gasteiger partial charge on any atom is -0.484 e. The van der Waals surface area contributed by atoms with E-state index in [1.807, 2.05) is 0 Å². The van der Waals surface area contributed by atoms with Crippen LogP contribution in [0, 0.1) is 5.82 Å². The van der Waals surface area contributed by atoms with Crippen LogP contribution < -0.4 is 15.8 Å². The van der Waals surface area contributed by atoms with Crippen molar-refractivity contribution in [3.63, 3.8) is 0 Å². The van der Waals surface area contributed by atoms with Gasteiger partial charge in [0.2, 0.25) is 5.78 Å². The van der Waals surface area contributed by atoms with E-state index in [4.69, 9.17) is 22.1 Å². The molecule has 32 heavy (non-hydrogen) atoms. The molecular weight excluding hydrogens is 441 g/mol. The number of nitrogens with zero attached hydrogens (tertiary/aromatic N) is 1.